The van der Waals surface area contributed by atoms with Crippen LogP contribution in [-0.4, -0.2) is 56.8 Å². The molecule has 5 heteroatoms. The first kappa shape index (κ1) is 15.8. The van der Waals surface area contributed by atoms with Crippen LogP contribution in [0.2, 0.25) is 0 Å². The Morgan fingerprint density at radius 3 is 2.86 bits per heavy atom. The zero-order valence-electron chi connectivity index (χ0n) is 12.9. The minimum Gasteiger partial charge on any atom is -0.483 e. The van der Waals surface area contributed by atoms with Crippen LogP contribution in [0.1, 0.15) is 11.1 Å². The summed E-state index contributed by atoms with van der Waals surface area (Å²) in [5.41, 5.74) is 2.17. The summed E-state index contributed by atoms with van der Waals surface area (Å²) in [6.45, 7) is 9.00. The van der Waals surface area contributed by atoms with Crippen molar-refractivity contribution >= 4 is 5.91 Å². The number of morpholine rings is 1. The molecule has 2 rings (SSSR count). The summed E-state index contributed by atoms with van der Waals surface area (Å²) in [5.74, 6) is 0.697. The second-order valence-electron chi connectivity index (χ2n) is 5.36. The van der Waals surface area contributed by atoms with Crippen molar-refractivity contribution in [2.45, 2.75) is 13.8 Å². The molecule has 0 saturated carbocycles. The van der Waals surface area contributed by atoms with Crippen LogP contribution >= 0.6 is 0 Å². The van der Waals surface area contributed by atoms with Gasteiger partial charge in [0.25, 0.3) is 5.91 Å². The van der Waals surface area contributed by atoms with E-state index in [1.54, 1.807) is 0 Å². The van der Waals surface area contributed by atoms with Crippen molar-refractivity contribution in [2.24, 2.45) is 0 Å². The predicted octanol–water partition coefficient (Wildman–Crippen LogP) is 1.13. The summed E-state index contributed by atoms with van der Waals surface area (Å²) in [5, 5.41) is 2.89. The third-order valence-corrected chi connectivity index (χ3v) is 3.56. The van der Waals surface area contributed by atoms with Gasteiger partial charge in [-0.15, -0.1) is 0 Å². The topological polar surface area (TPSA) is 50.8 Å². The van der Waals surface area contributed by atoms with Gasteiger partial charge in [-0.1, -0.05) is 12.1 Å². The lowest BCUT2D eigenvalue weighted by atomic mass is 10.1. The van der Waals surface area contributed by atoms with E-state index in [0.717, 1.165) is 49.7 Å². The van der Waals surface area contributed by atoms with Crippen LogP contribution < -0.4 is 10.1 Å². The van der Waals surface area contributed by atoms with Gasteiger partial charge in [0.05, 0.1) is 13.2 Å². The van der Waals surface area contributed by atoms with Gasteiger partial charge in [-0.3, -0.25) is 9.69 Å². The molecular weight excluding hydrogens is 268 g/mol. The quantitative estimate of drug-likeness (QED) is 0.854. The van der Waals surface area contributed by atoms with Crippen molar-refractivity contribution in [2.75, 3.05) is 46.0 Å². The molecule has 5 nitrogen and oxygen atoms in total. The highest BCUT2D eigenvalue weighted by atomic mass is 16.5. The molecule has 1 aromatic rings. The molecule has 0 spiro atoms. The minimum absolute atomic E-state index is 0.0629. The van der Waals surface area contributed by atoms with Crippen molar-refractivity contribution in [3.63, 3.8) is 0 Å². The lowest BCUT2D eigenvalue weighted by molar-refractivity contribution is -0.123. The van der Waals surface area contributed by atoms with E-state index in [1.807, 2.05) is 32.0 Å². The standard InChI is InChI=1S/C16H24N2O3/c1-13-3-4-14(2)15(11-13)21-12-16(19)17-5-6-18-7-9-20-10-8-18/h3-4,11H,5-10,12H2,1-2H3,(H,17,19). The molecule has 1 aliphatic rings. The van der Waals surface area contributed by atoms with E-state index in [-0.39, 0.29) is 12.5 Å². The number of rotatable bonds is 6. The Hall–Kier alpha value is -1.59. The predicted molar refractivity (Wildman–Crippen MR) is 81.7 cm³/mol. The van der Waals surface area contributed by atoms with E-state index in [9.17, 15) is 4.79 Å². The lowest BCUT2D eigenvalue weighted by Crippen LogP contribution is -2.42. The van der Waals surface area contributed by atoms with Crippen LogP contribution in [-0.2, 0) is 9.53 Å². The average molecular weight is 292 g/mol. The van der Waals surface area contributed by atoms with Crippen LogP contribution in [0.15, 0.2) is 18.2 Å². The summed E-state index contributed by atoms with van der Waals surface area (Å²) < 4.78 is 10.9. The van der Waals surface area contributed by atoms with Gasteiger partial charge in [-0.2, -0.15) is 0 Å². The Morgan fingerprint density at radius 1 is 1.33 bits per heavy atom. The highest BCUT2D eigenvalue weighted by Crippen LogP contribution is 2.18. The van der Waals surface area contributed by atoms with Crippen molar-refractivity contribution in [1.29, 1.82) is 0 Å². The number of nitrogens with zero attached hydrogens (tertiary/aromatic N) is 1. The zero-order chi connectivity index (χ0) is 15.1. The molecule has 0 radical (unpaired) electrons. The van der Waals surface area contributed by atoms with E-state index in [1.165, 1.54) is 0 Å². The van der Waals surface area contributed by atoms with Crippen LogP contribution in [0.25, 0.3) is 0 Å². The molecule has 0 unspecified atom stereocenters. The molecule has 0 aromatic heterocycles. The Bertz CT molecular complexity index is 471. The van der Waals surface area contributed by atoms with E-state index in [2.05, 4.69) is 10.2 Å². The highest BCUT2D eigenvalue weighted by Gasteiger charge is 2.10. The fourth-order valence-electron chi connectivity index (χ4n) is 2.24. The summed E-state index contributed by atoms with van der Waals surface area (Å²) >= 11 is 0. The summed E-state index contributed by atoms with van der Waals surface area (Å²) in [6.07, 6.45) is 0. The third-order valence-electron chi connectivity index (χ3n) is 3.56. The van der Waals surface area contributed by atoms with Gasteiger partial charge in [-0.05, 0) is 31.0 Å². The SMILES string of the molecule is Cc1ccc(C)c(OCC(=O)NCCN2CCOCC2)c1. The number of hydrogen-bond acceptors (Lipinski definition) is 4. The molecule has 1 saturated heterocycles. The number of benzene rings is 1. The largest absolute Gasteiger partial charge is 0.483 e. The maximum absolute atomic E-state index is 11.8. The second kappa shape index (κ2) is 8.00. The van der Waals surface area contributed by atoms with Crippen LogP contribution in [0, 0.1) is 13.8 Å². The van der Waals surface area contributed by atoms with Gasteiger partial charge in [0, 0.05) is 26.2 Å². The molecule has 1 fully saturated rings. The van der Waals surface area contributed by atoms with Crippen molar-refractivity contribution < 1.29 is 14.3 Å². The fraction of sp³-hybridized carbons (Fsp3) is 0.562. The number of carbonyl (C=O) groups excluding carboxylic acids is 1. The average Bonchev–Trinajstić information content (AvgIpc) is 2.49. The van der Waals surface area contributed by atoms with Crippen molar-refractivity contribution in [1.82, 2.24) is 10.2 Å². The smallest absolute Gasteiger partial charge is 0.257 e. The number of carbonyl (C=O) groups is 1. The maximum Gasteiger partial charge on any atom is 0.257 e. The number of nitrogens with one attached hydrogen (secondary N) is 1. The molecule has 0 aliphatic carbocycles. The normalized spacial score (nSPS) is 15.7. The molecule has 0 bridgehead atoms. The third kappa shape index (κ3) is 5.36. The fourth-order valence-corrected chi connectivity index (χ4v) is 2.24. The highest BCUT2D eigenvalue weighted by molar-refractivity contribution is 5.77. The Balaban J connectivity index is 1.66. The first-order chi connectivity index (χ1) is 10.1. The van der Waals surface area contributed by atoms with Gasteiger partial charge in [-0.25, -0.2) is 0 Å². The van der Waals surface area contributed by atoms with Crippen LogP contribution in [0.5, 0.6) is 5.75 Å². The molecule has 21 heavy (non-hydrogen) atoms. The van der Waals surface area contributed by atoms with Gasteiger partial charge < -0.3 is 14.8 Å². The van der Waals surface area contributed by atoms with Crippen LogP contribution in [0.4, 0.5) is 0 Å². The Kier molecular flexibility index (Phi) is 6.02. The number of aryl methyl sites for hydroxylation is 2. The Morgan fingerprint density at radius 2 is 2.10 bits per heavy atom. The van der Waals surface area contributed by atoms with Gasteiger partial charge >= 0.3 is 0 Å². The number of hydrogen-bond donors (Lipinski definition) is 1. The second-order valence-corrected chi connectivity index (χ2v) is 5.36. The molecule has 1 aromatic carbocycles. The van der Waals surface area contributed by atoms with E-state index < -0.39 is 0 Å². The summed E-state index contributed by atoms with van der Waals surface area (Å²) in [7, 11) is 0. The van der Waals surface area contributed by atoms with E-state index in [0.29, 0.717) is 6.54 Å². The lowest BCUT2D eigenvalue weighted by Gasteiger charge is -2.26. The molecule has 1 aliphatic heterocycles. The van der Waals surface area contributed by atoms with E-state index >= 15 is 0 Å². The number of amides is 1. The minimum atomic E-state index is -0.0795. The van der Waals surface area contributed by atoms with Crippen molar-refractivity contribution in [3.8, 4) is 5.75 Å². The molecule has 1 N–H and O–H groups in total. The van der Waals surface area contributed by atoms with Gasteiger partial charge in [0.1, 0.15) is 5.75 Å². The molecule has 116 valence electrons. The Labute approximate surface area is 126 Å². The first-order valence-corrected chi connectivity index (χ1v) is 7.42. The maximum atomic E-state index is 11.8. The molecule has 0 atom stereocenters. The number of ether oxygens (including phenoxy) is 2. The van der Waals surface area contributed by atoms with Gasteiger partial charge in [0.15, 0.2) is 6.61 Å². The van der Waals surface area contributed by atoms with Gasteiger partial charge in [0.2, 0.25) is 0 Å². The zero-order valence-corrected chi connectivity index (χ0v) is 12.9. The summed E-state index contributed by atoms with van der Waals surface area (Å²) in [6, 6.07) is 5.99. The molecule has 1 heterocycles. The monoisotopic (exact) mass is 292 g/mol. The first-order valence-electron chi connectivity index (χ1n) is 7.42. The van der Waals surface area contributed by atoms with E-state index in [4.69, 9.17) is 9.47 Å². The van der Waals surface area contributed by atoms with Crippen LogP contribution in [0.3, 0.4) is 0 Å². The van der Waals surface area contributed by atoms with Crippen molar-refractivity contribution in [3.05, 3.63) is 29.3 Å². The summed E-state index contributed by atoms with van der Waals surface area (Å²) in [4.78, 5) is 14.1. The molecular formula is C16H24N2O3. The molecule has 1 amide bonds.